The molecular formula is C15H21NO4. The average Bonchev–Trinajstić information content (AvgIpc) is 2.40. The molecular weight excluding hydrogens is 258 g/mol. The lowest BCUT2D eigenvalue weighted by molar-refractivity contribution is -0.127. The van der Waals surface area contributed by atoms with Crippen LogP contribution in [0.25, 0.3) is 0 Å². The number of unbranched alkanes of at least 4 members (excludes halogenated alkanes) is 1. The average molecular weight is 279 g/mol. The molecule has 0 saturated carbocycles. The second kappa shape index (κ2) is 7.53. The molecule has 2 N–H and O–H groups in total. The van der Waals surface area contributed by atoms with E-state index in [0.717, 1.165) is 12.8 Å². The number of benzene rings is 1. The van der Waals surface area contributed by atoms with Crippen molar-refractivity contribution in [2.75, 3.05) is 6.54 Å². The van der Waals surface area contributed by atoms with Gasteiger partial charge in [0, 0.05) is 12.1 Å². The molecule has 0 aliphatic rings. The SMILES string of the molecule is CCCCNC(=O)C(C)Oc1cccc(C(=O)O)c1C. The van der Waals surface area contributed by atoms with Crippen LogP contribution in [-0.2, 0) is 4.79 Å². The van der Waals surface area contributed by atoms with Crippen LogP contribution < -0.4 is 10.1 Å². The Morgan fingerprint density at radius 2 is 2.10 bits per heavy atom. The highest BCUT2D eigenvalue weighted by atomic mass is 16.5. The minimum Gasteiger partial charge on any atom is -0.481 e. The molecule has 0 fully saturated rings. The first-order valence-electron chi connectivity index (χ1n) is 6.74. The molecule has 20 heavy (non-hydrogen) atoms. The summed E-state index contributed by atoms with van der Waals surface area (Å²) in [5.74, 6) is -0.783. The molecule has 0 saturated heterocycles. The Morgan fingerprint density at radius 3 is 2.70 bits per heavy atom. The molecule has 0 aliphatic heterocycles. The second-order valence-electron chi connectivity index (χ2n) is 4.64. The molecule has 1 unspecified atom stereocenters. The normalized spacial score (nSPS) is 11.8. The standard InChI is InChI=1S/C15H21NO4/c1-4-5-9-16-14(17)11(3)20-13-8-6-7-12(10(13)2)15(18)19/h6-8,11H,4-5,9H2,1-3H3,(H,16,17)(H,18,19). The maximum absolute atomic E-state index is 11.8. The van der Waals surface area contributed by atoms with Crippen molar-refractivity contribution in [3.63, 3.8) is 0 Å². The summed E-state index contributed by atoms with van der Waals surface area (Å²) >= 11 is 0. The molecule has 5 heteroatoms. The summed E-state index contributed by atoms with van der Waals surface area (Å²) in [6, 6.07) is 4.78. The second-order valence-corrected chi connectivity index (χ2v) is 4.64. The smallest absolute Gasteiger partial charge is 0.336 e. The van der Waals surface area contributed by atoms with Gasteiger partial charge in [-0.25, -0.2) is 4.79 Å². The molecule has 0 bridgehead atoms. The Balaban J connectivity index is 2.71. The Labute approximate surface area is 118 Å². The molecule has 1 aromatic carbocycles. The topological polar surface area (TPSA) is 75.6 Å². The predicted molar refractivity (Wildman–Crippen MR) is 76.1 cm³/mol. The summed E-state index contributed by atoms with van der Waals surface area (Å²) in [6.07, 6.45) is 1.27. The first-order valence-corrected chi connectivity index (χ1v) is 6.74. The molecule has 1 rings (SSSR count). The minimum atomic E-state index is -1.01. The predicted octanol–water partition coefficient (Wildman–Crippen LogP) is 2.38. The molecule has 0 aliphatic carbocycles. The Hall–Kier alpha value is -2.04. The number of aromatic carboxylic acids is 1. The summed E-state index contributed by atoms with van der Waals surface area (Å²) < 4.78 is 5.55. The molecule has 0 heterocycles. The fraction of sp³-hybridized carbons (Fsp3) is 0.467. The van der Waals surface area contributed by atoms with Gasteiger partial charge in [0.2, 0.25) is 0 Å². The van der Waals surface area contributed by atoms with Crippen LogP contribution in [-0.4, -0.2) is 29.6 Å². The maximum atomic E-state index is 11.8. The molecule has 110 valence electrons. The van der Waals surface area contributed by atoms with Gasteiger partial charge < -0.3 is 15.2 Å². The van der Waals surface area contributed by atoms with Crippen LogP contribution in [0.15, 0.2) is 18.2 Å². The highest BCUT2D eigenvalue weighted by Crippen LogP contribution is 2.22. The third kappa shape index (κ3) is 4.26. The van der Waals surface area contributed by atoms with Crippen LogP contribution in [0.1, 0.15) is 42.6 Å². The third-order valence-electron chi connectivity index (χ3n) is 3.02. The van der Waals surface area contributed by atoms with Crippen molar-refractivity contribution in [3.05, 3.63) is 29.3 Å². The van der Waals surface area contributed by atoms with Crippen molar-refractivity contribution in [1.29, 1.82) is 0 Å². The van der Waals surface area contributed by atoms with Crippen molar-refractivity contribution in [3.8, 4) is 5.75 Å². The van der Waals surface area contributed by atoms with Crippen molar-refractivity contribution >= 4 is 11.9 Å². The van der Waals surface area contributed by atoms with Gasteiger partial charge in [0.15, 0.2) is 6.10 Å². The Morgan fingerprint density at radius 1 is 1.40 bits per heavy atom. The first-order chi connectivity index (χ1) is 9.47. The summed E-state index contributed by atoms with van der Waals surface area (Å²) in [4.78, 5) is 22.8. The largest absolute Gasteiger partial charge is 0.481 e. The van der Waals surface area contributed by atoms with Gasteiger partial charge in [-0.05, 0) is 32.4 Å². The van der Waals surface area contributed by atoms with Gasteiger partial charge in [-0.1, -0.05) is 19.4 Å². The fourth-order valence-corrected chi connectivity index (χ4v) is 1.75. The van der Waals surface area contributed by atoms with Crippen molar-refractivity contribution in [2.45, 2.75) is 39.7 Å². The van der Waals surface area contributed by atoms with Crippen LogP contribution in [0.2, 0.25) is 0 Å². The summed E-state index contributed by atoms with van der Waals surface area (Å²) in [5.41, 5.74) is 0.703. The van der Waals surface area contributed by atoms with E-state index in [0.29, 0.717) is 17.9 Å². The zero-order valence-corrected chi connectivity index (χ0v) is 12.1. The number of nitrogens with one attached hydrogen (secondary N) is 1. The van der Waals surface area contributed by atoms with E-state index in [1.807, 2.05) is 6.92 Å². The molecule has 1 atom stereocenters. The number of hydrogen-bond acceptors (Lipinski definition) is 3. The van der Waals surface area contributed by atoms with E-state index >= 15 is 0 Å². The van der Waals surface area contributed by atoms with E-state index in [9.17, 15) is 9.59 Å². The van der Waals surface area contributed by atoms with E-state index in [4.69, 9.17) is 9.84 Å². The molecule has 0 spiro atoms. The summed E-state index contributed by atoms with van der Waals surface area (Å²) in [6.45, 7) is 5.98. The molecule has 0 radical (unpaired) electrons. The lowest BCUT2D eigenvalue weighted by Gasteiger charge is -2.17. The quantitative estimate of drug-likeness (QED) is 0.751. The summed E-state index contributed by atoms with van der Waals surface area (Å²) in [7, 11) is 0. The molecule has 5 nitrogen and oxygen atoms in total. The lowest BCUT2D eigenvalue weighted by Crippen LogP contribution is -2.36. The van der Waals surface area contributed by atoms with E-state index in [2.05, 4.69) is 5.32 Å². The number of carboxylic acid groups (broad SMARTS) is 1. The van der Waals surface area contributed by atoms with Crippen LogP contribution in [0.4, 0.5) is 0 Å². The van der Waals surface area contributed by atoms with Crippen LogP contribution >= 0.6 is 0 Å². The number of carbonyl (C=O) groups is 2. The van der Waals surface area contributed by atoms with Crippen molar-refractivity contribution in [2.24, 2.45) is 0 Å². The molecule has 1 aromatic rings. The zero-order chi connectivity index (χ0) is 15.1. The van der Waals surface area contributed by atoms with E-state index in [1.54, 1.807) is 26.0 Å². The van der Waals surface area contributed by atoms with E-state index in [-0.39, 0.29) is 11.5 Å². The van der Waals surface area contributed by atoms with Gasteiger partial charge in [-0.3, -0.25) is 4.79 Å². The lowest BCUT2D eigenvalue weighted by atomic mass is 10.1. The van der Waals surface area contributed by atoms with E-state index < -0.39 is 12.1 Å². The van der Waals surface area contributed by atoms with Crippen LogP contribution in [0, 0.1) is 6.92 Å². The van der Waals surface area contributed by atoms with Gasteiger partial charge in [0.1, 0.15) is 5.75 Å². The number of hydrogen-bond donors (Lipinski definition) is 2. The van der Waals surface area contributed by atoms with Gasteiger partial charge in [-0.15, -0.1) is 0 Å². The minimum absolute atomic E-state index is 0.182. The number of amides is 1. The molecule has 0 aromatic heterocycles. The molecule has 1 amide bonds. The van der Waals surface area contributed by atoms with Gasteiger partial charge in [0.25, 0.3) is 5.91 Å². The van der Waals surface area contributed by atoms with Crippen LogP contribution in [0.5, 0.6) is 5.75 Å². The third-order valence-corrected chi connectivity index (χ3v) is 3.02. The Bertz CT molecular complexity index is 485. The number of rotatable bonds is 7. The number of ether oxygens (including phenoxy) is 1. The maximum Gasteiger partial charge on any atom is 0.336 e. The van der Waals surface area contributed by atoms with E-state index in [1.165, 1.54) is 6.07 Å². The van der Waals surface area contributed by atoms with Crippen molar-refractivity contribution in [1.82, 2.24) is 5.32 Å². The van der Waals surface area contributed by atoms with Gasteiger partial charge in [0.05, 0.1) is 5.56 Å². The highest BCUT2D eigenvalue weighted by molar-refractivity contribution is 5.90. The zero-order valence-electron chi connectivity index (χ0n) is 12.1. The fourth-order valence-electron chi connectivity index (χ4n) is 1.75. The van der Waals surface area contributed by atoms with Gasteiger partial charge >= 0.3 is 5.97 Å². The number of carbonyl (C=O) groups excluding carboxylic acids is 1. The summed E-state index contributed by atoms with van der Waals surface area (Å²) in [5, 5.41) is 11.8. The monoisotopic (exact) mass is 279 g/mol. The Kier molecular flexibility index (Phi) is 6.03. The van der Waals surface area contributed by atoms with Gasteiger partial charge in [-0.2, -0.15) is 0 Å². The highest BCUT2D eigenvalue weighted by Gasteiger charge is 2.17. The van der Waals surface area contributed by atoms with Crippen LogP contribution in [0.3, 0.4) is 0 Å². The van der Waals surface area contributed by atoms with Crippen molar-refractivity contribution < 1.29 is 19.4 Å². The first kappa shape index (κ1) is 16.0. The number of carboxylic acids is 1.